The van der Waals surface area contributed by atoms with E-state index in [0.29, 0.717) is 11.5 Å². The Balaban J connectivity index is 2.57. The highest BCUT2D eigenvalue weighted by atomic mass is 16.5. The summed E-state index contributed by atoms with van der Waals surface area (Å²) >= 11 is 0. The predicted octanol–water partition coefficient (Wildman–Crippen LogP) is 3.38. The van der Waals surface area contributed by atoms with Gasteiger partial charge in [-0.15, -0.1) is 0 Å². The van der Waals surface area contributed by atoms with E-state index >= 15 is 0 Å². The summed E-state index contributed by atoms with van der Waals surface area (Å²) in [6.07, 6.45) is 4.79. The van der Waals surface area contributed by atoms with Gasteiger partial charge < -0.3 is 15.7 Å². The van der Waals surface area contributed by atoms with Crippen LogP contribution in [0.1, 0.15) is 45.1 Å². The Morgan fingerprint density at radius 2 is 2.21 bits per heavy atom. The molecule has 0 aliphatic rings. The van der Waals surface area contributed by atoms with E-state index < -0.39 is 0 Å². The van der Waals surface area contributed by atoms with Gasteiger partial charge in [0.05, 0.1) is 6.61 Å². The third-order valence-corrected chi connectivity index (χ3v) is 3.27. The zero-order valence-corrected chi connectivity index (χ0v) is 11.8. The summed E-state index contributed by atoms with van der Waals surface area (Å²) in [4.78, 5) is 0. The van der Waals surface area contributed by atoms with Crippen molar-refractivity contribution < 1.29 is 9.94 Å². The molecule has 0 aromatic heterocycles. The van der Waals surface area contributed by atoms with E-state index in [1.54, 1.807) is 12.1 Å². The number of rotatable bonds is 8. The van der Waals surface area contributed by atoms with Gasteiger partial charge in [0.25, 0.3) is 0 Å². The lowest BCUT2D eigenvalue weighted by Crippen LogP contribution is -2.14. The standard InChI is InChI=1S/C15H24N2O2/c1-3-5-7-12(4-2)11-19-14-9-6-8-13(10-14)15(16)17-18/h6,8-10,12,18H,3-5,7,11H2,1-2H3,(H2,16,17). The van der Waals surface area contributed by atoms with Crippen molar-refractivity contribution in [2.24, 2.45) is 16.8 Å². The normalized spacial score (nSPS) is 13.3. The third-order valence-electron chi connectivity index (χ3n) is 3.27. The topological polar surface area (TPSA) is 67.8 Å². The van der Waals surface area contributed by atoms with Gasteiger partial charge in [0, 0.05) is 5.56 Å². The first-order chi connectivity index (χ1) is 9.21. The number of nitrogens with zero attached hydrogens (tertiary/aromatic N) is 1. The van der Waals surface area contributed by atoms with Gasteiger partial charge in [0.1, 0.15) is 5.75 Å². The third kappa shape index (κ3) is 5.20. The molecule has 1 unspecified atom stereocenters. The zero-order chi connectivity index (χ0) is 14.1. The highest BCUT2D eigenvalue weighted by molar-refractivity contribution is 5.97. The molecule has 0 spiro atoms. The molecule has 1 atom stereocenters. The van der Waals surface area contributed by atoms with Gasteiger partial charge in [0.15, 0.2) is 5.84 Å². The van der Waals surface area contributed by atoms with Crippen LogP contribution in [0.4, 0.5) is 0 Å². The van der Waals surface area contributed by atoms with Gasteiger partial charge in [-0.1, -0.05) is 50.4 Å². The van der Waals surface area contributed by atoms with E-state index in [1.165, 1.54) is 19.3 Å². The van der Waals surface area contributed by atoms with Crippen molar-refractivity contribution in [2.75, 3.05) is 6.61 Å². The Bertz CT molecular complexity index is 405. The molecule has 4 nitrogen and oxygen atoms in total. The fourth-order valence-corrected chi connectivity index (χ4v) is 1.92. The zero-order valence-electron chi connectivity index (χ0n) is 11.8. The number of amidine groups is 1. The molecular weight excluding hydrogens is 240 g/mol. The molecule has 0 heterocycles. The first-order valence-corrected chi connectivity index (χ1v) is 6.92. The summed E-state index contributed by atoms with van der Waals surface area (Å²) in [5, 5.41) is 11.6. The highest BCUT2D eigenvalue weighted by Crippen LogP contribution is 2.17. The van der Waals surface area contributed by atoms with Gasteiger partial charge in [-0.3, -0.25) is 0 Å². The Labute approximate surface area is 115 Å². The second-order valence-electron chi connectivity index (χ2n) is 4.74. The minimum atomic E-state index is 0.100. The highest BCUT2D eigenvalue weighted by Gasteiger charge is 2.07. The summed E-state index contributed by atoms with van der Waals surface area (Å²) in [6, 6.07) is 7.31. The van der Waals surface area contributed by atoms with E-state index in [2.05, 4.69) is 19.0 Å². The van der Waals surface area contributed by atoms with Crippen LogP contribution in [0, 0.1) is 5.92 Å². The number of hydrogen-bond donors (Lipinski definition) is 2. The van der Waals surface area contributed by atoms with E-state index in [-0.39, 0.29) is 5.84 Å². The van der Waals surface area contributed by atoms with Crippen molar-refractivity contribution in [1.82, 2.24) is 0 Å². The molecule has 0 saturated heterocycles. The van der Waals surface area contributed by atoms with Crippen LogP contribution in [0.3, 0.4) is 0 Å². The molecule has 4 heteroatoms. The number of benzene rings is 1. The SMILES string of the molecule is CCCCC(CC)COc1cccc(C(N)=NO)c1. The summed E-state index contributed by atoms with van der Waals surface area (Å²) in [7, 11) is 0. The average Bonchev–Trinajstić information content (AvgIpc) is 2.47. The molecule has 19 heavy (non-hydrogen) atoms. The molecule has 0 amide bonds. The van der Waals surface area contributed by atoms with Crippen LogP contribution in [0.2, 0.25) is 0 Å². The molecule has 3 N–H and O–H groups in total. The lowest BCUT2D eigenvalue weighted by Gasteiger charge is -2.15. The minimum absolute atomic E-state index is 0.100. The Hall–Kier alpha value is -1.71. The lowest BCUT2D eigenvalue weighted by molar-refractivity contribution is 0.233. The van der Waals surface area contributed by atoms with Crippen LogP contribution in [0.5, 0.6) is 5.75 Å². The molecule has 0 bridgehead atoms. The maximum absolute atomic E-state index is 8.65. The molecule has 0 radical (unpaired) electrons. The summed E-state index contributed by atoms with van der Waals surface area (Å²) in [5.74, 6) is 1.45. The maximum Gasteiger partial charge on any atom is 0.170 e. The molecular formula is C15H24N2O2. The molecule has 1 aromatic carbocycles. The van der Waals surface area contributed by atoms with Gasteiger partial charge in [0.2, 0.25) is 0 Å². The van der Waals surface area contributed by atoms with E-state index in [4.69, 9.17) is 15.7 Å². The number of ether oxygens (including phenoxy) is 1. The lowest BCUT2D eigenvalue weighted by atomic mass is 10.0. The van der Waals surface area contributed by atoms with Crippen LogP contribution in [0.15, 0.2) is 29.4 Å². The molecule has 1 aromatic rings. The van der Waals surface area contributed by atoms with Crippen LogP contribution in [-0.4, -0.2) is 17.6 Å². The quantitative estimate of drug-likeness (QED) is 0.327. The number of unbranched alkanes of at least 4 members (excludes halogenated alkanes) is 1. The van der Waals surface area contributed by atoms with Gasteiger partial charge in [-0.25, -0.2) is 0 Å². The van der Waals surface area contributed by atoms with Crippen molar-refractivity contribution in [3.8, 4) is 5.75 Å². The Morgan fingerprint density at radius 1 is 1.42 bits per heavy atom. The van der Waals surface area contributed by atoms with Crippen molar-refractivity contribution >= 4 is 5.84 Å². The van der Waals surface area contributed by atoms with Crippen LogP contribution in [-0.2, 0) is 0 Å². The van der Waals surface area contributed by atoms with Gasteiger partial charge >= 0.3 is 0 Å². The first-order valence-electron chi connectivity index (χ1n) is 6.92. The summed E-state index contributed by atoms with van der Waals surface area (Å²) in [5.41, 5.74) is 6.22. The van der Waals surface area contributed by atoms with Crippen molar-refractivity contribution in [2.45, 2.75) is 39.5 Å². The maximum atomic E-state index is 8.65. The van der Waals surface area contributed by atoms with Crippen molar-refractivity contribution in [3.63, 3.8) is 0 Å². The van der Waals surface area contributed by atoms with Crippen LogP contribution >= 0.6 is 0 Å². The van der Waals surface area contributed by atoms with Crippen LogP contribution in [0.25, 0.3) is 0 Å². The van der Waals surface area contributed by atoms with Crippen LogP contribution < -0.4 is 10.5 Å². The van der Waals surface area contributed by atoms with E-state index in [1.807, 2.05) is 12.1 Å². The second-order valence-corrected chi connectivity index (χ2v) is 4.74. The average molecular weight is 264 g/mol. The second kappa shape index (κ2) is 8.40. The molecule has 1 rings (SSSR count). The van der Waals surface area contributed by atoms with Gasteiger partial charge in [-0.05, 0) is 24.5 Å². The largest absolute Gasteiger partial charge is 0.493 e. The Morgan fingerprint density at radius 3 is 2.84 bits per heavy atom. The summed E-state index contributed by atoms with van der Waals surface area (Å²) in [6.45, 7) is 5.11. The van der Waals surface area contributed by atoms with E-state index in [0.717, 1.165) is 18.8 Å². The number of hydrogen-bond acceptors (Lipinski definition) is 3. The minimum Gasteiger partial charge on any atom is -0.493 e. The first kappa shape index (κ1) is 15.3. The number of oxime groups is 1. The Kier molecular flexibility index (Phi) is 6.79. The summed E-state index contributed by atoms with van der Waals surface area (Å²) < 4.78 is 5.80. The molecule has 106 valence electrons. The van der Waals surface area contributed by atoms with Crippen molar-refractivity contribution in [1.29, 1.82) is 0 Å². The molecule has 0 aliphatic heterocycles. The van der Waals surface area contributed by atoms with E-state index in [9.17, 15) is 0 Å². The predicted molar refractivity (Wildman–Crippen MR) is 77.8 cm³/mol. The molecule has 0 fully saturated rings. The fourth-order valence-electron chi connectivity index (χ4n) is 1.92. The van der Waals surface area contributed by atoms with Gasteiger partial charge in [-0.2, -0.15) is 0 Å². The fraction of sp³-hybridized carbons (Fsp3) is 0.533. The monoisotopic (exact) mass is 264 g/mol. The van der Waals surface area contributed by atoms with Crippen molar-refractivity contribution in [3.05, 3.63) is 29.8 Å². The number of nitrogens with two attached hydrogens (primary N) is 1. The smallest absolute Gasteiger partial charge is 0.170 e. The molecule has 0 aliphatic carbocycles. The molecule has 0 saturated carbocycles.